The molecular formula is C18H9ClF3N5O. The smallest absolute Gasteiger partial charge is 0.330 e. The van der Waals surface area contributed by atoms with E-state index in [1.165, 1.54) is 12.4 Å². The summed E-state index contributed by atoms with van der Waals surface area (Å²) in [6.45, 7) is 0. The van der Waals surface area contributed by atoms with Crippen molar-refractivity contribution in [1.29, 1.82) is 0 Å². The number of alkyl halides is 3. The minimum absolute atomic E-state index is 0.0534. The number of benzene rings is 1. The van der Waals surface area contributed by atoms with Crippen molar-refractivity contribution in [2.45, 2.75) is 6.18 Å². The van der Waals surface area contributed by atoms with E-state index < -0.39 is 11.9 Å². The fourth-order valence-corrected chi connectivity index (χ4v) is 2.52. The first-order chi connectivity index (χ1) is 13.4. The van der Waals surface area contributed by atoms with Gasteiger partial charge in [0.2, 0.25) is 11.6 Å². The van der Waals surface area contributed by atoms with E-state index in [-0.39, 0.29) is 23.2 Å². The molecule has 0 atom stereocenters. The van der Waals surface area contributed by atoms with Crippen molar-refractivity contribution in [3.8, 4) is 34.4 Å². The molecule has 0 aliphatic rings. The van der Waals surface area contributed by atoms with Gasteiger partial charge in [-0.1, -0.05) is 28.9 Å². The predicted octanol–water partition coefficient (Wildman–Crippen LogP) is 4.93. The van der Waals surface area contributed by atoms with Gasteiger partial charge in [-0.15, -0.1) is 0 Å². The number of hydrogen-bond acceptors (Lipinski definition) is 6. The van der Waals surface area contributed by atoms with E-state index in [2.05, 4.69) is 25.1 Å². The molecule has 140 valence electrons. The lowest BCUT2D eigenvalue weighted by Crippen LogP contribution is -2.10. The van der Waals surface area contributed by atoms with Gasteiger partial charge in [0.1, 0.15) is 5.69 Å². The fourth-order valence-electron chi connectivity index (χ4n) is 2.39. The van der Waals surface area contributed by atoms with Crippen LogP contribution in [-0.4, -0.2) is 25.1 Å². The SMILES string of the molecule is FC(F)(F)c1cc(-c2ccc(Cl)cc2)nc(-c2nc(-c3ccncc3)no2)n1. The van der Waals surface area contributed by atoms with Crippen LogP contribution in [0.25, 0.3) is 34.4 Å². The molecule has 0 fully saturated rings. The maximum Gasteiger partial charge on any atom is 0.433 e. The first kappa shape index (κ1) is 18.1. The Morgan fingerprint density at radius 1 is 0.821 bits per heavy atom. The number of rotatable bonds is 3. The first-order valence-electron chi connectivity index (χ1n) is 7.87. The van der Waals surface area contributed by atoms with Crippen molar-refractivity contribution in [2.75, 3.05) is 0 Å². The van der Waals surface area contributed by atoms with Gasteiger partial charge in [-0.2, -0.15) is 18.2 Å². The molecule has 28 heavy (non-hydrogen) atoms. The van der Waals surface area contributed by atoms with E-state index in [1.54, 1.807) is 36.4 Å². The second-order valence-corrected chi connectivity index (χ2v) is 6.06. The summed E-state index contributed by atoms with van der Waals surface area (Å²) in [7, 11) is 0. The third-order valence-electron chi connectivity index (χ3n) is 3.71. The Bertz CT molecular complexity index is 1110. The normalized spacial score (nSPS) is 11.6. The number of aromatic nitrogens is 5. The van der Waals surface area contributed by atoms with Gasteiger partial charge in [0.05, 0.1) is 5.69 Å². The Labute approximate surface area is 161 Å². The predicted molar refractivity (Wildman–Crippen MR) is 94.0 cm³/mol. The average molecular weight is 404 g/mol. The first-order valence-corrected chi connectivity index (χ1v) is 8.24. The number of halogens is 4. The highest BCUT2D eigenvalue weighted by Gasteiger charge is 2.34. The molecule has 0 aliphatic carbocycles. The standard InChI is InChI=1S/C18H9ClF3N5O/c19-12-3-1-10(2-4-12)13-9-14(18(20,21)22)25-16(24-13)17-26-15(27-28-17)11-5-7-23-8-6-11/h1-9H. The maximum atomic E-state index is 13.3. The Hall–Kier alpha value is -3.33. The lowest BCUT2D eigenvalue weighted by atomic mass is 10.1. The molecule has 0 unspecified atom stereocenters. The molecule has 0 radical (unpaired) electrons. The molecule has 3 aromatic heterocycles. The molecule has 0 N–H and O–H groups in total. The molecule has 10 heteroatoms. The molecule has 0 spiro atoms. The van der Waals surface area contributed by atoms with Crippen molar-refractivity contribution >= 4 is 11.6 Å². The van der Waals surface area contributed by atoms with Crippen LogP contribution in [0, 0.1) is 0 Å². The van der Waals surface area contributed by atoms with E-state index in [0.717, 1.165) is 6.07 Å². The molecule has 6 nitrogen and oxygen atoms in total. The second-order valence-electron chi connectivity index (χ2n) is 5.63. The number of nitrogens with zero attached hydrogens (tertiary/aromatic N) is 5. The minimum atomic E-state index is -4.67. The lowest BCUT2D eigenvalue weighted by molar-refractivity contribution is -0.141. The molecule has 0 amide bonds. The van der Waals surface area contributed by atoms with E-state index in [4.69, 9.17) is 16.1 Å². The van der Waals surface area contributed by atoms with Crippen molar-refractivity contribution in [3.05, 3.63) is 65.6 Å². The highest BCUT2D eigenvalue weighted by molar-refractivity contribution is 6.30. The molecule has 4 rings (SSSR count). The molecule has 0 aliphatic heterocycles. The topological polar surface area (TPSA) is 77.6 Å². The van der Waals surface area contributed by atoms with Crippen LogP contribution in [0.3, 0.4) is 0 Å². The van der Waals surface area contributed by atoms with Crippen LogP contribution in [-0.2, 0) is 6.18 Å². The van der Waals surface area contributed by atoms with E-state index >= 15 is 0 Å². The summed E-state index contributed by atoms with van der Waals surface area (Å²) in [4.78, 5) is 15.7. The summed E-state index contributed by atoms with van der Waals surface area (Å²) in [5.74, 6) is -0.368. The van der Waals surface area contributed by atoms with Crippen molar-refractivity contribution in [3.63, 3.8) is 0 Å². The Balaban J connectivity index is 1.81. The van der Waals surface area contributed by atoms with Gasteiger partial charge in [0.25, 0.3) is 5.89 Å². The van der Waals surface area contributed by atoms with Gasteiger partial charge in [-0.25, -0.2) is 9.97 Å². The van der Waals surface area contributed by atoms with Gasteiger partial charge in [-0.05, 0) is 30.3 Å². The van der Waals surface area contributed by atoms with Crippen LogP contribution < -0.4 is 0 Å². The molecule has 0 saturated heterocycles. The van der Waals surface area contributed by atoms with Gasteiger partial charge in [0.15, 0.2) is 0 Å². The zero-order valence-corrected chi connectivity index (χ0v) is 14.6. The van der Waals surface area contributed by atoms with Gasteiger partial charge >= 0.3 is 6.18 Å². The zero-order chi connectivity index (χ0) is 19.7. The highest BCUT2D eigenvalue weighted by Crippen LogP contribution is 2.32. The average Bonchev–Trinajstić information content (AvgIpc) is 3.18. The molecule has 4 aromatic rings. The quantitative estimate of drug-likeness (QED) is 0.482. The maximum absolute atomic E-state index is 13.3. The largest absolute Gasteiger partial charge is 0.433 e. The van der Waals surface area contributed by atoms with Crippen LogP contribution in [0.5, 0.6) is 0 Å². The number of hydrogen-bond donors (Lipinski definition) is 0. The highest BCUT2D eigenvalue weighted by atomic mass is 35.5. The molecule has 0 saturated carbocycles. The van der Waals surface area contributed by atoms with Gasteiger partial charge in [0, 0.05) is 28.5 Å². The minimum Gasteiger partial charge on any atom is -0.330 e. The summed E-state index contributed by atoms with van der Waals surface area (Å²) < 4.78 is 45.1. The van der Waals surface area contributed by atoms with Gasteiger partial charge in [-0.3, -0.25) is 4.98 Å². The van der Waals surface area contributed by atoms with Crippen LogP contribution in [0.4, 0.5) is 13.2 Å². The molecule has 0 bridgehead atoms. The van der Waals surface area contributed by atoms with Crippen LogP contribution in [0.1, 0.15) is 5.69 Å². The van der Waals surface area contributed by atoms with Crippen LogP contribution >= 0.6 is 11.6 Å². The van der Waals surface area contributed by atoms with Crippen molar-refractivity contribution < 1.29 is 17.7 Å². The second kappa shape index (κ2) is 7.01. The summed E-state index contributed by atoms with van der Waals surface area (Å²) in [6, 6.07) is 10.4. The molecule has 3 heterocycles. The Kier molecular flexibility index (Phi) is 4.52. The van der Waals surface area contributed by atoms with Crippen molar-refractivity contribution in [2.24, 2.45) is 0 Å². The lowest BCUT2D eigenvalue weighted by Gasteiger charge is -2.09. The molecular weight excluding hydrogens is 395 g/mol. The third-order valence-corrected chi connectivity index (χ3v) is 3.96. The van der Waals surface area contributed by atoms with Crippen molar-refractivity contribution in [1.82, 2.24) is 25.1 Å². The Morgan fingerprint density at radius 2 is 1.54 bits per heavy atom. The van der Waals surface area contributed by atoms with E-state index in [9.17, 15) is 13.2 Å². The summed E-state index contributed by atoms with van der Waals surface area (Å²) in [5, 5.41) is 4.23. The summed E-state index contributed by atoms with van der Waals surface area (Å²) in [6.07, 6.45) is -1.61. The fraction of sp³-hybridized carbons (Fsp3) is 0.0556. The van der Waals surface area contributed by atoms with E-state index in [0.29, 0.717) is 16.1 Å². The summed E-state index contributed by atoms with van der Waals surface area (Å²) >= 11 is 5.84. The van der Waals surface area contributed by atoms with Crippen LogP contribution in [0.2, 0.25) is 5.02 Å². The third kappa shape index (κ3) is 3.70. The zero-order valence-electron chi connectivity index (χ0n) is 13.9. The Morgan fingerprint density at radius 3 is 2.21 bits per heavy atom. The summed E-state index contributed by atoms with van der Waals surface area (Å²) in [5.41, 5.74) is -0.0360. The van der Waals surface area contributed by atoms with Gasteiger partial charge < -0.3 is 4.52 Å². The van der Waals surface area contributed by atoms with Crippen LogP contribution in [0.15, 0.2) is 59.4 Å². The monoisotopic (exact) mass is 403 g/mol. The number of pyridine rings is 1. The van der Waals surface area contributed by atoms with E-state index in [1.807, 2.05) is 0 Å². The molecule has 1 aromatic carbocycles.